The highest BCUT2D eigenvalue weighted by molar-refractivity contribution is 5.82. The Morgan fingerprint density at radius 1 is 0.862 bits per heavy atom. The highest BCUT2D eigenvalue weighted by Gasteiger charge is 2.09. The van der Waals surface area contributed by atoms with Crippen LogP contribution in [0, 0.1) is 11.3 Å². The second kappa shape index (κ2) is 8.34. The summed E-state index contributed by atoms with van der Waals surface area (Å²) in [6.07, 6.45) is 1.54. The number of rotatable bonds is 5. The van der Waals surface area contributed by atoms with Crippen LogP contribution < -0.4 is 11.1 Å². The number of hydrogen-bond donors (Lipinski definition) is 2. The summed E-state index contributed by atoms with van der Waals surface area (Å²) in [7, 11) is 0. The van der Waals surface area contributed by atoms with Gasteiger partial charge in [0.25, 0.3) is 0 Å². The number of nitrogens with one attached hydrogen (secondary N) is 1. The van der Waals surface area contributed by atoms with Crippen molar-refractivity contribution in [1.82, 2.24) is 9.97 Å². The van der Waals surface area contributed by atoms with Gasteiger partial charge in [-0.25, -0.2) is 9.97 Å². The zero-order chi connectivity index (χ0) is 20.1. The molecule has 0 atom stereocenters. The van der Waals surface area contributed by atoms with E-state index in [-0.39, 0.29) is 0 Å². The third-order valence-corrected chi connectivity index (χ3v) is 4.65. The van der Waals surface area contributed by atoms with Gasteiger partial charge in [0.05, 0.1) is 17.3 Å². The van der Waals surface area contributed by atoms with Crippen LogP contribution in [0.3, 0.4) is 0 Å². The van der Waals surface area contributed by atoms with E-state index < -0.39 is 0 Å². The van der Waals surface area contributed by atoms with Crippen molar-refractivity contribution in [3.05, 3.63) is 96.3 Å². The zero-order valence-electron chi connectivity index (χ0n) is 15.7. The highest BCUT2D eigenvalue weighted by atomic mass is 15.0. The van der Waals surface area contributed by atoms with Gasteiger partial charge in [0, 0.05) is 29.4 Å². The Labute approximate surface area is 169 Å². The fourth-order valence-electron chi connectivity index (χ4n) is 3.12. The minimum atomic E-state index is 0.502. The zero-order valence-corrected chi connectivity index (χ0v) is 15.7. The molecule has 0 saturated carbocycles. The Morgan fingerprint density at radius 3 is 2.38 bits per heavy atom. The van der Waals surface area contributed by atoms with Crippen LogP contribution in [-0.2, 0) is 6.54 Å². The van der Waals surface area contributed by atoms with E-state index in [0.29, 0.717) is 17.9 Å². The SMILES string of the molecule is N#Cc1ccc(-c2ccc(CN)cc2)c(Nc2cc(-c3ccccc3)ncn2)c1. The summed E-state index contributed by atoms with van der Waals surface area (Å²) in [4.78, 5) is 8.73. The van der Waals surface area contributed by atoms with Gasteiger partial charge in [-0.1, -0.05) is 60.7 Å². The van der Waals surface area contributed by atoms with Gasteiger partial charge < -0.3 is 11.1 Å². The molecule has 0 spiro atoms. The van der Waals surface area contributed by atoms with Gasteiger partial charge in [-0.2, -0.15) is 5.26 Å². The molecule has 0 aliphatic heterocycles. The number of hydrogen-bond acceptors (Lipinski definition) is 5. The van der Waals surface area contributed by atoms with Gasteiger partial charge in [0.2, 0.25) is 0 Å². The van der Waals surface area contributed by atoms with Gasteiger partial charge in [-0.15, -0.1) is 0 Å². The molecule has 5 heteroatoms. The molecule has 3 N–H and O–H groups in total. The first kappa shape index (κ1) is 18.4. The molecule has 0 amide bonds. The van der Waals surface area contributed by atoms with Gasteiger partial charge >= 0.3 is 0 Å². The topological polar surface area (TPSA) is 87.6 Å². The number of nitriles is 1. The average Bonchev–Trinajstić information content (AvgIpc) is 2.80. The second-order valence-electron chi connectivity index (χ2n) is 6.55. The monoisotopic (exact) mass is 377 g/mol. The van der Waals surface area contributed by atoms with Crippen LogP contribution in [0.4, 0.5) is 11.5 Å². The normalized spacial score (nSPS) is 10.3. The number of benzene rings is 3. The molecule has 0 fully saturated rings. The van der Waals surface area contributed by atoms with Gasteiger partial charge in [-0.05, 0) is 23.3 Å². The number of aromatic nitrogens is 2. The molecule has 4 rings (SSSR count). The Morgan fingerprint density at radius 2 is 1.66 bits per heavy atom. The van der Waals surface area contributed by atoms with Gasteiger partial charge in [0.1, 0.15) is 12.1 Å². The van der Waals surface area contributed by atoms with Crippen LogP contribution >= 0.6 is 0 Å². The average molecular weight is 377 g/mol. The standard InChI is InChI=1S/C24H19N5/c25-14-17-6-9-19(10-7-17)21-11-8-18(15-26)12-23(21)29-24-13-22(27-16-28-24)20-4-2-1-3-5-20/h1-13,16H,14,25H2,(H,27,28,29). The van der Waals surface area contributed by atoms with E-state index in [1.807, 2.05) is 78.9 Å². The van der Waals surface area contributed by atoms with E-state index >= 15 is 0 Å². The molecule has 0 aliphatic rings. The summed E-state index contributed by atoms with van der Waals surface area (Å²) in [5.41, 5.74) is 12.0. The van der Waals surface area contributed by atoms with Crippen LogP contribution in [0.2, 0.25) is 0 Å². The molecule has 140 valence electrons. The highest BCUT2D eigenvalue weighted by Crippen LogP contribution is 2.31. The van der Waals surface area contributed by atoms with Crippen molar-refractivity contribution in [2.45, 2.75) is 6.54 Å². The molecule has 0 bridgehead atoms. The minimum Gasteiger partial charge on any atom is -0.340 e. The van der Waals surface area contributed by atoms with Gasteiger partial charge in [-0.3, -0.25) is 0 Å². The Kier molecular flexibility index (Phi) is 5.28. The van der Waals surface area contributed by atoms with Crippen molar-refractivity contribution in [1.29, 1.82) is 5.26 Å². The summed E-state index contributed by atoms with van der Waals surface area (Å²) in [6, 6.07) is 27.7. The Balaban J connectivity index is 1.72. The van der Waals surface area contributed by atoms with Crippen molar-refractivity contribution in [2.75, 3.05) is 5.32 Å². The molecule has 0 aliphatic carbocycles. The molecule has 3 aromatic carbocycles. The largest absolute Gasteiger partial charge is 0.340 e. The lowest BCUT2D eigenvalue weighted by Gasteiger charge is -2.13. The maximum absolute atomic E-state index is 9.33. The summed E-state index contributed by atoms with van der Waals surface area (Å²) < 4.78 is 0. The molecule has 0 radical (unpaired) electrons. The summed E-state index contributed by atoms with van der Waals surface area (Å²) in [6.45, 7) is 0.502. The molecule has 1 heterocycles. The minimum absolute atomic E-state index is 0.502. The van der Waals surface area contributed by atoms with Gasteiger partial charge in [0.15, 0.2) is 0 Å². The predicted molar refractivity (Wildman–Crippen MR) is 115 cm³/mol. The Hall–Kier alpha value is -4.01. The number of nitrogens with zero attached hydrogens (tertiary/aromatic N) is 3. The van der Waals surface area contributed by atoms with E-state index in [1.165, 1.54) is 6.33 Å². The summed E-state index contributed by atoms with van der Waals surface area (Å²) in [5.74, 6) is 0.661. The maximum Gasteiger partial charge on any atom is 0.134 e. The first-order chi connectivity index (χ1) is 14.3. The van der Waals surface area contributed by atoms with Crippen molar-refractivity contribution < 1.29 is 0 Å². The van der Waals surface area contributed by atoms with Crippen LogP contribution in [-0.4, -0.2) is 9.97 Å². The summed E-state index contributed by atoms with van der Waals surface area (Å²) in [5, 5.41) is 12.7. The lowest BCUT2D eigenvalue weighted by atomic mass is 10.0. The van der Waals surface area contributed by atoms with Crippen molar-refractivity contribution >= 4 is 11.5 Å². The molecule has 0 unspecified atom stereocenters. The quantitative estimate of drug-likeness (QED) is 0.517. The fraction of sp³-hybridized carbons (Fsp3) is 0.0417. The van der Waals surface area contributed by atoms with E-state index in [4.69, 9.17) is 5.73 Å². The lowest BCUT2D eigenvalue weighted by Crippen LogP contribution is -1.99. The summed E-state index contributed by atoms with van der Waals surface area (Å²) >= 11 is 0. The fourth-order valence-corrected chi connectivity index (χ4v) is 3.12. The van der Waals surface area contributed by atoms with Crippen LogP contribution in [0.1, 0.15) is 11.1 Å². The number of anilines is 2. The van der Waals surface area contributed by atoms with Crippen molar-refractivity contribution in [2.24, 2.45) is 5.73 Å². The van der Waals surface area contributed by atoms with E-state index in [9.17, 15) is 5.26 Å². The van der Waals surface area contributed by atoms with Crippen molar-refractivity contribution in [3.8, 4) is 28.5 Å². The van der Waals surface area contributed by atoms with Crippen LogP contribution in [0.5, 0.6) is 0 Å². The first-order valence-corrected chi connectivity index (χ1v) is 9.25. The first-order valence-electron chi connectivity index (χ1n) is 9.25. The third-order valence-electron chi connectivity index (χ3n) is 4.65. The molecule has 4 aromatic rings. The molecule has 1 aromatic heterocycles. The molecule has 5 nitrogen and oxygen atoms in total. The predicted octanol–water partition coefficient (Wildman–Crippen LogP) is 4.88. The van der Waals surface area contributed by atoms with Crippen LogP contribution in [0.25, 0.3) is 22.4 Å². The Bertz CT molecular complexity index is 1160. The molecule has 0 saturated heterocycles. The maximum atomic E-state index is 9.33. The lowest BCUT2D eigenvalue weighted by molar-refractivity contribution is 1.07. The van der Waals surface area contributed by atoms with Crippen LogP contribution in [0.15, 0.2) is 85.2 Å². The van der Waals surface area contributed by atoms with E-state index in [2.05, 4.69) is 21.4 Å². The number of nitrogens with two attached hydrogens (primary N) is 1. The molecular weight excluding hydrogens is 358 g/mol. The molecule has 29 heavy (non-hydrogen) atoms. The smallest absolute Gasteiger partial charge is 0.134 e. The third kappa shape index (κ3) is 4.13. The van der Waals surface area contributed by atoms with E-state index in [1.54, 1.807) is 0 Å². The van der Waals surface area contributed by atoms with Crippen molar-refractivity contribution in [3.63, 3.8) is 0 Å². The second-order valence-corrected chi connectivity index (χ2v) is 6.55. The van der Waals surface area contributed by atoms with E-state index in [0.717, 1.165) is 33.6 Å². The molecular formula is C24H19N5.